The first-order valence-corrected chi connectivity index (χ1v) is 9.20. The highest BCUT2D eigenvalue weighted by Gasteiger charge is 2.28. The Morgan fingerprint density at radius 2 is 1.89 bits per heavy atom. The van der Waals surface area contributed by atoms with Crippen LogP contribution in [0.25, 0.3) is 0 Å². The van der Waals surface area contributed by atoms with Crippen molar-refractivity contribution in [2.75, 3.05) is 31.5 Å². The normalized spacial score (nSPS) is 14.1. The Hall–Kier alpha value is -3.00. The van der Waals surface area contributed by atoms with Crippen LogP contribution in [-0.4, -0.2) is 53.8 Å². The van der Waals surface area contributed by atoms with E-state index in [1.165, 1.54) is 9.80 Å². The van der Waals surface area contributed by atoms with Gasteiger partial charge in [0.05, 0.1) is 13.1 Å². The Balaban J connectivity index is 1.45. The van der Waals surface area contributed by atoms with Crippen molar-refractivity contribution < 1.29 is 18.8 Å². The Bertz CT molecular complexity index is 865. The summed E-state index contributed by atoms with van der Waals surface area (Å²) in [5.41, 5.74) is 0.594. The van der Waals surface area contributed by atoms with E-state index in [-0.39, 0.29) is 37.5 Å². The number of halogens is 1. The van der Waals surface area contributed by atoms with Crippen molar-refractivity contribution in [3.05, 3.63) is 52.9 Å². The van der Waals surface area contributed by atoms with Gasteiger partial charge in [-0.05, 0) is 43.3 Å². The first-order valence-electron chi connectivity index (χ1n) is 8.82. The van der Waals surface area contributed by atoms with E-state index in [0.29, 0.717) is 29.6 Å². The smallest absolute Gasteiger partial charge is 0.322 e. The molecule has 9 heteroatoms. The first kappa shape index (κ1) is 19.8. The van der Waals surface area contributed by atoms with E-state index in [1.54, 1.807) is 30.3 Å². The third-order valence-corrected chi connectivity index (χ3v) is 4.54. The molecular weight excluding hydrogens is 384 g/mol. The van der Waals surface area contributed by atoms with E-state index >= 15 is 0 Å². The predicted octanol–water partition coefficient (Wildman–Crippen LogP) is 2.23. The number of piperazine rings is 1. The number of aryl methyl sites for hydroxylation is 1. The van der Waals surface area contributed by atoms with Gasteiger partial charge in [0.2, 0.25) is 11.8 Å². The number of furan rings is 1. The Morgan fingerprint density at radius 3 is 2.54 bits per heavy atom. The van der Waals surface area contributed by atoms with E-state index in [1.807, 2.05) is 13.0 Å². The number of hydrogen-bond acceptors (Lipinski definition) is 4. The molecule has 1 aliphatic heterocycles. The van der Waals surface area contributed by atoms with Crippen LogP contribution in [0.5, 0.6) is 0 Å². The van der Waals surface area contributed by atoms with Gasteiger partial charge in [0, 0.05) is 23.8 Å². The van der Waals surface area contributed by atoms with Gasteiger partial charge in [-0.3, -0.25) is 9.59 Å². The zero-order chi connectivity index (χ0) is 20.1. The molecule has 0 spiro atoms. The second-order valence-electron chi connectivity index (χ2n) is 6.46. The summed E-state index contributed by atoms with van der Waals surface area (Å²) in [5.74, 6) is 0.872. The maximum Gasteiger partial charge on any atom is 0.322 e. The van der Waals surface area contributed by atoms with Gasteiger partial charge in [-0.1, -0.05) is 11.6 Å². The summed E-state index contributed by atoms with van der Waals surface area (Å²) in [6, 6.07) is 9.95. The largest absolute Gasteiger partial charge is 0.465 e. The van der Waals surface area contributed by atoms with Crippen LogP contribution in [0.2, 0.25) is 5.02 Å². The second-order valence-corrected chi connectivity index (χ2v) is 6.90. The van der Waals surface area contributed by atoms with Gasteiger partial charge >= 0.3 is 6.03 Å². The number of nitrogens with one attached hydrogen (secondary N) is 2. The number of benzene rings is 1. The molecule has 0 saturated carbocycles. The average Bonchev–Trinajstić information content (AvgIpc) is 3.09. The maximum atomic E-state index is 12.3. The summed E-state index contributed by atoms with van der Waals surface area (Å²) >= 11 is 5.82. The second kappa shape index (κ2) is 8.79. The average molecular weight is 405 g/mol. The number of carbonyl (C=O) groups excluding carboxylic acids is 3. The molecule has 0 atom stereocenters. The molecule has 1 aromatic carbocycles. The molecule has 0 bridgehead atoms. The number of carbonyl (C=O) groups is 3. The fourth-order valence-corrected chi connectivity index (χ4v) is 2.91. The molecule has 1 aromatic heterocycles. The highest BCUT2D eigenvalue weighted by Crippen LogP contribution is 2.14. The summed E-state index contributed by atoms with van der Waals surface area (Å²) < 4.78 is 5.39. The van der Waals surface area contributed by atoms with Gasteiger partial charge in [0.15, 0.2) is 0 Å². The van der Waals surface area contributed by atoms with Gasteiger partial charge in [-0.25, -0.2) is 4.79 Å². The summed E-state index contributed by atoms with van der Waals surface area (Å²) in [6.07, 6.45) is 0. The quantitative estimate of drug-likeness (QED) is 0.798. The zero-order valence-corrected chi connectivity index (χ0v) is 16.2. The van der Waals surface area contributed by atoms with Crippen molar-refractivity contribution >= 4 is 35.1 Å². The van der Waals surface area contributed by atoms with E-state index in [4.69, 9.17) is 16.0 Å². The summed E-state index contributed by atoms with van der Waals surface area (Å²) in [4.78, 5) is 39.5. The molecule has 4 amide bonds. The van der Waals surface area contributed by atoms with Crippen LogP contribution in [0, 0.1) is 6.92 Å². The number of amides is 4. The Morgan fingerprint density at radius 1 is 1.14 bits per heavy atom. The van der Waals surface area contributed by atoms with Crippen LogP contribution >= 0.6 is 11.6 Å². The summed E-state index contributed by atoms with van der Waals surface area (Å²) in [7, 11) is 0. The van der Waals surface area contributed by atoms with Gasteiger partial charge in [-0.2, -0.15) is 0 Å². The van der Waals surface area contributed by atoms with Gasteiger partial charge in [0.1, 0.15) is 18.1 Å². The van der Waals surface area contributed by atoms with Crippen LogP contribution in [0.4, 0.5) is 10.5 Å². The van der Waals surface area contributed by atoms with Crippen molar-refractivity contribution in [1.82, 2.24) is 15.1 Å². The zero-order valence-electron chi connectivity index (χ0n) is 15.4. The topological polar surface area (TPSA) is 94.9 Å². The molecule has 148 valence electrons. The molecule has 2 aromatic rings. The Kier molecular flexibility index (Phi) is 6.20. The summed E-state index contributed by atoms with van der Waals surface area (Å²) in [6.45, 7) is 2.60. The molecule has 2 heterocycles. The predicted molar refractivity (Wildman–Crippen MR) is 104 cm³/mol. The van der Waals surface area contributed by atoms with Crippen LogP contribution in [0.3, 0.4) is 0 Å². The van der Waals surface area contributed by atoms with Crippen molar-refractivity contribution in [3.8, 4) is 0 Å². The molecule has 0 aliphatic carbocycles. The van der Waals surface area contributed by atoms with Gasteiger partial charge in [-0.15, -0.1) is 0 Å². The molecule has 0 unspecified atom stereocenters. The van der Waals surface area contributed by atoms with E-state index in [9.17, 15) is 14.4 Å². The van der Waals surface area contributed by atoms with Crippen molar-refractivity contribution in [2.45, 2.75) is 13.5 Å². The lowest BCUT2D eigenvalue weighted by atomic mass is 10.3. The fourth-order valence-electron chi connectivity index (χ4n) is 2.78. The fraction of sp³-hybridized carbons (Fsp3) is 0.316. The lowest BCUT2D eigenvalue weighted by molar-refractivity contribution is -0.139. The van der Waals surface area contributed by atoms with Crippen LogP contribution in [0.15, 0.2) is 40.8 Å². The number of nitrogens with zero attached hydrogens (tertiary/aromatic N) is 2. The standard InChI is InChI=1S/C19H21ClN4O4/c1-13-2-7-16(28-13)10-21-17(25)11-23-8-9-24(12-18(23)26)19(27)22-15-5-3-14(20)4-6-15/h2-7H,8-12H2,1H3,(H,21,25)(H,22,27). The number of urea groups is 1. The molecule has 2 N–H and O–H groups in total. The van der Waals surface area contributed by atoms with Gasteiger partial charge in [0.25, 0.3) is 0 Å². The molecule has 0 radical (unpaired) electrons. The molecule has 28 heavy (non-hydrogen) atoms. The number of rotatable bonds is 5. The highest BCUT2D eigenvalue weighted by atomic mass is 35.5. The molecule has 1 aliphatic rings. The Labute approximate surface area is 167 Å². The lowest BCUT2D eigenvalue weighted by Crippen LogP contribution is -2.55. The molecule has 1 saturated heterocycles. The van der Waals surface area contributed by atoms with Crippen molar-refractivity contribution in [2.24, 2.45) is 0 Å². The minimum Gasteiger partial charge on any atom is -0.465 e. The molecule has 1 fully saturated rings. The van der Waals surface area contributed by atoms with Crippen molar-refractivity contribution in [3.63, 3.8) is 0 Å². The molecule has 8 nitrogen and oxygen atoms in total. The van der Waals surface area contributed by atoms with Crippen LogP contribution in [0.1, 0.15) is 11.5 Å². The third-order valence-electron chi connectivity index (χ3n) is 4.29. The van der Waals surface area contributed by atoms with Crippen molar-refractivity contribution in [1.29, 1.82) is 0 Å². The number of anilines is 1. The maximum absolute atomic E-state index is 12.3. The third kappa shape index (κ3) is 5.26. The van der Waals surface area contributed by atoms with Crippen LogP contribution < -0.4 is 10.6 Å². The summed E-state index contributed by atoms with van der Waals surface area (Å²) in [5, 5.41) is 6.02. The number of hydrogen-bond donors (Lipinski definition) is 2. The minimum atomic E-state index is -0.368. The van der Waals surface area contributed by atoms with Gasteiger partial charge < -0.3 is 24.9 Å². The highest BCUT2D eigenvalue weighted by molar-refractivity contribution is 6.30. The van der Waals surface area contributed by atoms with E-state index in [0.717, 1.165) is 5.76 Å². The molecular formula is C19H21ClN4O4. The lowest BCUT2D eigenvalue weighted by Gasteiger charge is -2.33. The SMILES string of the molecule is Cc1ccc(CNC(=O)CN2CCN(C(=O)Nc3ccc(Cl)cc3)CC2=O)o1. The van der Waals surface area contributed by atoms with Crippen LogP contribution in [-0.2, 0) is 16.1 Å². The van der Waals surface area contributed by atoms with E-state index in [2.05, 4.69) is 10.6 Å². The monoisotopic (exact) mass is 404 g/mol. The molecule has 3 rings (SSSR count). The minimum absolute atomic E-state index is 0.0504. The first-order chi connectivity index (χ1) is 13.4. The van der Waals surface area contributed by atoms with E-state index < -0.39 is 0 Å².